The van der Waals surface area contributed by atoms with E-state index in [2.05, 4.69) is 33.2 Å². The van der Waals surface area contributed by atoms with Crippen molar-refractivity contribution in [2.45, 2.75) is 59.0 Å². The predicted molar refractivity (Wildman–Crippen MR) is 132 cm³/mol. The number of aromatic nitrogens is 2. The van der Waals surface area contributed by atoms with Gasteiger partial charge in [0.25, 0.3) is 10.0 Å². The van der Waals surface area contributed by atoms with Crippen molar-refractivity contribution in [3.05, 3.63) is 33.6 Å². The van der Waals surface area contributed by atoms with Gasteiger partial charge in [-0.2, -0.15) is 4.31 Å². The number of nitrogens with one attached hydrogen (secondary N) is 2. The summed E-state index contributed by atoms with van der Waals surface area (Å²) in [4.78, 5) is 0. The highest BCUT2D eigenvalue weighted by molar-refractivity contribution is 8.18. The molecule has 1 aliphatic heterocycles. The van der Waals surface area contributed by atoms with Crippen LogP contribution in [0.3, 0.4) is 0 Å². The Morgan fingerprint density at radius 1 is 1.30 bits per heavy atom. The van der Waals surface area contributed by atoms with E-state index in [1.54, 1.807) is 20.1 Å². The van der Waals surface area contributed by atoms with Crippen molar-refractivity contribution in [1.82, 2.24) is 13.1 Å². The first kappa shape index (κ1) is 25.8. The molecular formula is C20H31N5O5S3. The number of rotatable bonds is 11. The van der Waals surface area contributed by atoms with Crippen LogP contribution in [-0.4, -0.2) is 56.0 Å². The van der Waals surface area contributed by atoms with Crippen molar-refractivity contribution in [2.75, 3.05) is 29.5 Å². The van der Waals surface area contributed by atoms with E-state index in [1.807, 2.05) is 13.0 Å². The summed E-state index contributed by atoms with van der Waals surface area (Å²) >= 11 is -0.756. The minimum Gasteiger partial charge on any atom is -0.546 e. The van der Waals surface area contributed by atoms with E-state index in [1.165, 1.54) is 4.31 Å². The molecule has 1 aliphatic rings. The van der Waals surface area contributed by atoms with Gasteiger partial charge in [0.2, 0.25) is 11.6 Å². The summed E-state index contributed by atoms with van der Waals surface area (Å²) in [6.45, 7) is 10.3. The number of nitrogens with zero attached hydrogens (tertiary/aromatic N) is 3. The number of thioether (sulfide) groups is 1. The predicted octanol–water partition coefficient (Wildman–Crippen LogP) is 4.41. The summed E-state index contributed by atoms with van der Waals surface area (Å²) < 4.78 is 52.7. The Bertz CT molecular complexity index is 1090. The summed E-state index contributed by atoms with van der Waals surface area (Å²) in [7, 11) is -3.78. The standard InChI is InChI=1S/C20H31N5O5S3/c1-6-14(16-9-13(10-30-16)12(4)5)21-18-19(24-32(27)23-18)22-15-11-31-20(17(15)26)33(28,29)25(7-2)8-3/h9-10,12,14-15,26H,6-8,11H2,1-5H3,(H,21,23)(H,22,24)/t14-,15?,32?/m1/s1. The van der Waals surface area contributed by atoms with Crippen molar-refractivity contribution < 1.29 is 22.5 Å². The maximum absolute atomic E-state index is 12.8. The molecule has 0 saturated carbocycles. The van der Waals surface area contributed by atoms with Crippen LogP contribution < -0.4 is 10.6 Å². The third-order valence-electron chi connectivity index (χ3n) is 5.44. The molecule has 3 N–H and O–H groups in total. The fourth-order valence-electron chi connectivity index (χ4n) is 3.46. The summed E-state index contributed by atoms with van der Waals surface area (Å²) in [5.74, 6) is 1.56. The molecule has 0 radical (unpaired) electrons. The van der Waals surface area contributed by atoms with Crippen LogP contribution in [0, 0.1) is 0 Å². The lowest BCUT2D eigenvalue weighted by Gasteiger charge is -2.19. The van der Waals surface area contributed by atoms with Gasteiger partial charge < -0.3 is 24.7 Å². The van der Waals surface area contributed by atoms with E-state index in [-0.39, 0.29) is 33.4 Å². The molecule has 3 atom stereocenters. The molecule has 0 spiro atoms. The van der Waals surface area contributed by atoms with Crippen molar-refractivity contribution >= 4 is 44.6 Å². The van der Waals surface area contributed by atoms with E-state index in [0.29, 0.717) is 25.4 Å². The van der Waals surface area contributed by atoms with Crippen molar-refractivity contribution in [1.29, 1.82) is 0 Å². The highest BCUT2D eigenvalue weighted by Gasteiger charge is 2.38. The summed E-state index contributed by atoms with van der Waals surface area (Å²) in [6.07, 6.45) is 2.41. The van der Waals surface area contributed by atoms with E-state index in [0.717, 1.165) is 23.1 Å². The fourth-order valence-corrected chi connectivity index (χ4v) is 7.38. The minimum absolute atomic E-state index is 0.0712. The number of anilines is 2. The molecule has 0 saturated heterocycles. The van der Waals surface area contributed by atoms with Gasteiger partial charge in [-0.15, -0.1) is 11.8 Å². The SMILES string of the molecule is CC[C@@H](Nc1n[s+]([O-])nc1NC1CSC(S(=O)(=O)N(CC)CC)=C1O)c1cc(C(C)C)co1. The number of hydrogen-bond donors (Lipinski definition) is 3. The Balaban J connectivity index is 1.81. The van der Waals surface area contributed by atoms with Crippen LogP contribution in [0.2, 0.25) is 0 Å². The van der Waals surface area contributed by atoms with E-state index < -0.39 is 27.2 Å². The Morgan fingerprint density at radius 2 is 1.97 bits per heavy atom. The maximum atomic E-state index is 12.8. The quantitative estimate of drug-likeness (QED) is 0.367. The molecule has 184 valence electrons. The number of aliphatic hydroxyl groups is 1. The van der Waals surface area contributed by atoms with Gasteiger partial charge in [-0.3, -0.25) is 0 Å². The molecule has 0 bridgehead atoms. The zero-order chi connectivity index (χ0) is 24.3. The molecule has 2 aromatic heterocycles. The lowest BCUT2D eigenvalue weighted by atomic mass is 10.1. The Kier molecular flexibility index (Phi) is 8.32. The van der Waals surface area contributed by atoms with Gasteiger partial charge in [0.05, 0.1) is 18.3 Å². The highest BCUT2D eigenvalue weighted by atomic mass is 32.3. The molecule has 33 heavy (non-hydrogen) atoms. The largest absolute Gasteiger partial charge is 0.546 e. The number of sulfonamides is 1. The molecule has 0 aliphatic carbocycles. The second-order valence-corrected chi connectivity index (χ2v) is 11.9. The van der Waals surface area contributed by atoms with Crippen molar-refractivity contribution in [3.63, 3.8) is 0 Å². The maximum Gasteiger partial charge on any atom is 0.252 e. The normalized spacial score (nSPS) is 18.4. The van der Waals surface area contributed by atoms with E-state index >= 15 is 0 Å². The van der Waals surface area contributed by atoms with Crippen LogP contribution in [0.4, 0.5) is 11.6 Å². The van der Waals surface area contributed by atoms with Crippen LogP contribution in [-0.2, 0) is 10.0 Å². The highest BCUT2D eigenvalue weighted by Crippen LogP contribution is 2.38. The van der Waals surface area contributed by atoms with Gasteiger partial charge in [0.15, 0.2) is 15.4 Å². The van der Waals surface area contributed by atoms with Crippen LogP contribution in [0.5, 0.6) is 0 Å². The van der Waals surface area contributed by atoms with Crippen LogP contribution in [0.25, 0.3) is 0 Å². The lowest BCUT2D eigenvalue weighted by molar-refractivity contribution is 0.384. The summed E-state index contributed by atoms with van der Waals surface area (Å²) in [6, 6.07) is 1.06. The Morgan fingerprint density at radius 3 is 2.55 bits per heavy atom. The first-order valence-corrected chi connectivity index (χ1v) is 14.4. The number of hydrogen-bond acceptors (Lipinski definition) is 10. The molecular weight excluding hydrogens is 486 g/mol. The summed E-state index contributed by atoms with van der Waals surface area (Å²) in [5.41, 5.74) is 1.08. The first-order chi connectivity index (χ1) is 15.6. The monoisotopic (exact) mass is 517 g/mol. The Hall–Kier alpha value is -1.80. The molecule has 2 aromatic rings. The summed E-state index contributed by atoms with van der Waals surface area (Å²) in [5, 5.41) is 16.9. The van der Waals surface area contributed by atoms with Crippen LogP contribution in [0.15, 0.2) is 26.7 Å². The smallest absolute Gasteiger partial charge is 0.252 e. The third kappa shape index (κ3) is 5.48. The first-order valence-electron chi connectivity index (χ1n) is 10.9. The average molecular weight is 518 g/mol. The van der Waals surface area contributed by atoms with E-state index in [4.69, 9.17) is 4.42 Å². The molecule has 0 amide bonds. The van der Waals surface area contributed by atoms with E-state index in [9.17, 15) is 18.1 Å². The molecule has 0 fully saturated rings. The third-order valence-corrected chi connectivity index (χ3v) is 9.95. The zero-order valence-corrected chi connectivity index (χ0v) is 21.8. The second-order valence-electron chi connectivity index (χ2n) is 7.92. The van der Waals surface area contributed by atoms with Gasteiger partial charge in [-0.25, -0.2) is 8.42 Å². The van der Waals surface area contributed by atoms with Gasteiger partial charge >= 0.3 is 0 Å². The van der Waals surface area contributed by atoms with Crippen LogP contribution in [0.1, 0.15) is 64.3 Å². The Labute approximate surface area is 202 Å². The molecule has 2 unspecified atom stereocenters. The fraction of sp³-hybridized carbons (Fsp3) is 0.600. The lowest BCUT2D eigenvalue weighted by Crippen LogP contribution is -2.31. The second kappa shape index (κ2) is 10.6. The van der Waals surface area contributed by atoms with Crippen LogP contribution >= 0.6 is 22.9 Å². The average Bonchev–Trinajstić information content (AvgIpc) is 3.47. The van der Waals surface area contributed by atoms with Crippen molar-refractivity contribution in [2.24, 2.45) is 0 Å². The molecule has 0 aromatic carbocycles. The molecule has 3 rings (SSSR count). The minimum atomic E-state index is -3.78. The molecule has 10 nitrogen and oxygen atoms in total. The molecule has 3 heterocycles. The van der Waals surface area contributed by atoms with Gasteiger partial charge in [-0.05, 0) is 24.0 Å². The topological polar surface area (TPSA) is 144 Å². The zero-order valence-electron chi connectivity index (χ0n) is 19.4. The van der Waals surface area contributed by atoms with Gasteiger partial charge in [0.1, 0.15) is 11.5 Å². The van der Waals surface area contributed by atoms with Crippen molar-refractivity contribution in [3.8, 4) is 0 Å². The van der Waals surface area contributed by atoms with Gasteiger partial charge in [0, 0.05) is 27.6 Å². The van der Waals surface area contributed by atoms with Gasteiger partial charge in [-0.1, -0.05) is 34.6 Å². The number of furan rings is 1. The number of aliphatic hydroxyl groups excluding tert-OH is 1. The molecule has 13 heteroatoms.